The summed E-state index contributed by atoms with van der Waals surface area (Å²) in [7, 11) is 0. The van der Waals surface area contributed by atoms with Crippen LogP contribution in [0.4, 0.5) is 0 Å². The van der Waals surface area contributed by atoms with Gasteiger partial charge in [0.2, 0.25) is 0 Å². The van der Waals surface area contributed by atoms with Crippen molar-refractivity contribution in [1.29, 1.82) is 0 Å². The number of carbonyl (C=O) groups excluding carboxylic acids is 1. The molecule has 1 saturated heterocycles. The number of pyridine rings is 1. The van der Waals surface area contributed by atoms with E-state index in [0.29, 0.717) is 43.0 Å². The van der Waals surface area contributed by atoms with Crippen molar-refractivity contribution in [2.45, 2.75) is 18.9 Å². The predicted molar refractivity (Wildman–Crippen MR) is 81.9 cm³/mol. The lowest BCUT2D eigenvalue weighted by Crippen LogP contribution is -2.40. The number of nitrogens with zero attached hydrogens (tertiary/aromatic N) is 2. The van der Waals surface area contributed by atoms with Crippen molar-refractivity contribution in [3.05, 3.63) is 54.4 Å². The molecule has 1 aromatic heterocycles. The molecular formula is C17H18N2O3. The van der Waals surface area contributed by atoms with Gasteiger partial charge in [0.05, 0.1) is 6.10 Å². The van der Waals surface area contributed by atoms with Gasteiger partial charge in [-0.2, -0.15) is 0 Å². The van der Waals surface area contributed by atoms with Gasteiger partial charge in [0.1, 0.15) is 17.1 Å². The van der Waals surface area contributed by atoms with E-state index in [2.05, 4.69) is 4.98 Å². The third-order valence-electron chi connectivity index (χ3n) is 3.73. The molecule has 3 rings (SSSR count). The van der Waals surface area contributed by atoms with E-state index in [1.165, 1.54) is 6.20 Å². The van der Waals surface area contributed by atoms with E-state index < -0.39 is 0 Å². The number of piperidine rings is 1. The molecule has 0 bridgehead atoms. The lowest BCUT2D eigenvalue weighted by Gasteiger charge is -2.29. The van der Waals surface area contributed by atoms with Gasteiger partial charge in [-0.3, -0.25) is 9.78 Å². The molecule has 5 nitrogen and oxygen atoms in total. The lowest BCUT2D eigenvalue weighted by molar-refractivity contribution is 0.0544. The quantitative estimate of drug-likeness (QED) is 0.945. The highest BCUT2D eigenvalue weighted by Crippen LogP contribution is 2.26. The maximum absolute atomic E-state index is 12.6. The number of aromatic nitrogens is 1. The molecule has 0 spiro atoms. The molecule has 22 heavy (non-hydrogen) atoms. The number of aliphatic hydroxyl groups excluding tert-OH is 1. The molecule has 1 N–H and O–H groups in total. The fraction of sp³-hybridized carbons (Fsp3) is 0.294. The van der Waals surface area contributed by atoms with Crippen LogP contribution in [0.1, 0.15) is 23.2 Å². The molecule has 2 heterocycles. The number of rotatable bonds is 3. The number of hydrogen-bond acceptors (Lipinski definition) is 4. The molecule has 0 saturated carbocycles. The molecule has 114 valence electrons. The Balaban J connectivity index is 1.80. The second-order valence-corrected chi connectivity index (χ2v) is 5.31. The van der Waals surface area contributed by atoms with E-state index in [0.717, 1.165) is 0 Å². The standard InChI is InChI=1S/C17H18N2O3/c20-13-7-10-19(11-8-13)17(21)15-12-18-9-6-16(15)22-14-4-2-1-3-5-14/h1-6,9,12-13,20H,7-8,10-11H2. The Morgan fingerprint density at radius 3 is 2.64 bits per heavy atom. The maximum atomic E-state index is 12.6. The number of para-hydroxylation sites is 1. The van der Waals surface area contributed by atoms with Crippen LogP contribution in [0.15, 0.2) is 48.8 Å². The van der Waals surface area contributed by atoms with Crippen LogP contribution in [0, 0.1) is 0 Å². The Labute approximate surface area is 129 Å². The molecule has 2 aromatic rings. The fourth-order valence-corrected chi connectivity index (χ4v) is 2.49. The largest absolute Gasteiger partial charge is 0.456 e. The first kappa shape index (κ1) is 14.5. The summed E-state index contributed by atoms with van der Waals surface area (Å²) in [4.78, 5) is 18.4. The van der Waals surface area contributed by atoms with Crippen LogP contribution in [-0.2, 0) is 0 Å². The average Bonchev–Trinajstić information content (AvgIpc) is 2.56. The number of likely N-dealkylation sites (tertiary alicyclic amines) is 1. The summed E-state index contributed by atoms with van der Waals surface area (Å²) in [6.45, 7) is 1.11. The second-order valence-electron chi connectivity index (χ2n) is 5.31. The molecule has 1 fully saturated rings. The molecule has 1 amide bonds. The molecule has 1 aliphatic rings. The summed E-state index contributed by atoms with van der Waals surface area (Å²) >= 11 is 0. The molecule has 0 aliphatic carbocycles. The molecule has 1 aromatic carbocycles. The van der Waals surface area contributed by atoms with Crippen molar-refractivity contribution < 1.29 is 14.6 Å². The van der Waals surface area contributed by atoms with Crippen molar-refractivity contribution >= 4 is 5.91 Å². The maximum Gasteiger partial charge on any atom is 0.259 e. The third-order valence-corrected chi connectivity index (χ3v) is 3.73. The Kier molecular flexibility index (Phi) is 4.34. The van der Waals surface area contributed by atoms with Gasteiger partial charge >= 0.3 is 0 Å². The molecular weight excluding hydrogens is 280 g/mol. The SMILES string of the molecule is O=C(c1cnccc1Oc1ccccc1)N1CCC(O)CC1. The first-order valence-corrected chi connectivity index (χ1v) is 7.38. The van der Waals surface area contributed by atoms with Gasteiger partial charge < -0.3 is 14.7 Å². The molecule has 0 unspecified atom stereocenters. The number of carbonyl (C=O) groups is 1. The van der Waals surface area contributed by atoms with E-state index in [-0.39, 0.29) is 12.0 Å². The zero-order chi connectivity index (χ0) is 15.4. The minimum absolute atomic E-state index is 0.106. The second kappa shape index (κ2) is 6.58. The predicted octanol–water partition coefficient (Wildman–Crippen LogP) is 2.47. The van der Waals surface area contributed by atoms with Crippen LogP contribution in [0.25, 0.3) is 0 Å². The summed E-state index contributed by atoms with van der Waals surface area (Å²) in [6, 6.07) is 11.0. The van der Waals surface area contributed by atoms with Gasteiger partial charge in [-0.25, -0.2) is 0 Å². The lowest BCUT2D eigenvalue weighted by atomic mass is 10.1. The van der Waals surface area contributed by atoms with Crippen molar-refractivity contribution in [2.75, 3.05) is 13.1 Å². The van der Waals surface area contributed by atoms with Gasteiger partial charge in [-0.1, -0.05) is 18.2 Å². The van der Waals surface area contributed by atoms with Crippen LogP contribution in [0.5, 0.6) is 11.5 Å². The van der Waals surface area contributed by atoms with Gasteiger partial charge in [0.25, 0.3) is 5.91 Å². The van der Waals surface area contributed by atoms with Gasteiger partial charge in [0, 0.05) is 25.5 Å². The van der Waals surface area contributed by atoms with Gasteiger partial charge in [0.15, 0.2) is 0 Å². The van der Waals surface area contributed by atoms with Crippen LogP contribution in [0.2, 0.25) is 0 Å². The Morgan fingerprint density at radius 2 is 1.91 bits per heavy atom. The van der Waals surface area contributed by atoms with Crippen LogP contribution in [-0.4, -0.2) is 40.1 Å². The highest BCUT2D eigenvalue weighted by molar-refractivity contribution is 5.96. The molecule has 0 radical (unpaired) electrons. The van der Waals surface area contributed by atoms with Crippen LogP contribution in [0.3, 0.4) is 0 Å². The van der Waals surface area contributed by atoms with Gasteiger partial charge in [-0.15, -0.1) is 0 Å². The van der Waals surface area contributed by atoms with E-state index in [4.69, 9.17) is 4.74 Å². The number of aliphatic hydroxyl groups is 1. The van der Waals surface area contributed by atoms with Crippen LogP contribution < -0.4 is 4.74 Å². The summed E-state index contributed by atoms with van der Waals surface area (Å²) in [6.07, 6.45) is 4.06. The monoisotopic (exact) mass is 298 g/mol. The average molecular weight is 298 g/mol. The van der Waals surface area contributed by atoms with Crippen molar-refractivity contribution in [2.24, 2.45) is 0 Å². The molecule has 5 heteroatoms. The van der Waals surface area contributed by atoms with E-state index in [9.17, 15) is 9.90 Å². The number of ether oxygens (including phenoxy) is 1. The minimum atomic E-state index is -0.307. The Morgan fingerprint density at radius 1 is 1.18 bits per heavy atom. The fourth-order valence-electron chi connectivity index (χ4n) is 2.49. The summed E-state index contributed by atoms with van der Waals surface area (Å²) in [5, 5.41) is 9.55. The summed E-state index contributed by atoms with van der Waals surface area (Å²) < 4.78 is 5.81. The summed E-state index contributed by atoms with van der Waals surface area (Å²) in [5.41, 5.74) is 0.447. The van der Waals surface area contributed by atoms with E-state index >= 15 is 0 Å². The first-order valence-electron chi connectivity index (χ1n) is 7.38. The van der Waals surface area contributed by atoms with Crippen molar-refractivity contribution in [3.63, 3.8) is 0 Å². The zero-order valence-electron chi connectivity index (χ0n) is 12.2. The smallest absolute Gasteiger partial charge is 0.259 e. The third kappa shape index (κ3) is 3.26. The highest BCUT2D eigenvalue weighted by atomic mass is 16.5. The molecule has 0 atom stereocenters. The first-order chi connectivity index (χ1) is 10.7. The zero-order valence-corrected chi connectivity index (χ0v) is 12.2. The molecule has 1 aliphatic heterocycles. The minimum Gasteiger partial charge on any atom is -0.456 e. The number of hydrogen-bond donors (Lipinski definition) is 1. The number of benzene rings is 1. The summed E-state index contributed by atoms with van der Waals surface area (Å²) in [5.74, 6) is 1.07. The number of amides is 1. The van der Waals surface area contributed by atoms with E-state index in [1.807, 2.05) is 30.3 Å². The van der Waals surface area contributed by atoms with Crippen molar-refractivity contribution in [1.82, 2.24) is 9.88 Å². The topological polar surface area (TPSA) is 62.7 Å². The van der Waals surface area contributed by atoms with Gasteiger partial charge in [-0.05, 0) is 31.0 Å². The van der Waals surface area contributed by atoms with E-state index in [1.54, 1.807) is 17.2 Å². The van der Waals surface area contributed by atoms with Crippen molar-refractivity contribution in [3.8, 4) is 11.5 Å². The Hall–Kier alpha value is -2.40. The highest BCUT2D eigenvalue weighted by Gasteiger charge is 2.24. The Bertz CT molecular complexity index is 637. The van der Waals surface area contributed by atoms with Crippen LogP contribution >= 0.6 is 0 Å². The normalized spacial score (nSPS) is 15.6.